The highest BCUT2D eigenvalue weighted by atomic mass is 35.5. The van der Waals surface area contributed by atoms with Gasteiger partial charge in [0.15, 0.2) is 0 Å². The lowest BCUT2D eigenvalue weighted by Crippen LogP contribution is -2.47. The van der Waals surface area contributed by atoms with Crippen molar-refractivity contribution in [1.82, 2.24) is 19.8 Å². The molecule has 2 saturated carbocycles. The summed E-state index contributed by atoms with van der Waals surface area (Å²) in [6.07, 6.45) is 8.58. The largest absolute Gasteiger partial charge is 0.353 e. The number of nitrogens with zero attached hydrogens (tertiary/aromatic N) is 5. The zero-order valence-corrected chi connectivity index (χ0v) is 18.4. The highest BCUT2D eigenvalue weighted by Crippen LogP contribution is 2.65. The van der Waals surface area contributed by atoms with Crippen LogP contribution in [0.5, 0.6) is 0 Å². The van der Waals surface area contributed by atoms with E-state index in [1.807, 2.05) is 0 Å². The van der Waals surface area contributed by atoms with Gasteiger partial charge in [0.25, 0.3) is 5.91 Å². The van der Waals surface area contributed by atoms with E-state index in [-0.39, 0.29) is 17.7 Å². The summed E-state index contributed by atoms with van der Waals surface area (Å²) in [6.45, 7) is 5.32. The second kappa shape index (κ2) is 7.55. The zero-order valence-electron chi connectivity index (χ0n) is 17.7. The molecule has 2 amide bonds. The van der Waals surface area contributed by atoms with E-state index >= 15 is 0 Å². The van der Waals surface area contributed by atoms with Crippen molar-refractivity contribution in [2.45, 2.75) is 32.1 Å². The van der Waals surface area contributed by atoms with Crippen LogP contribution in [0.3, 0.4) is 0 Å². The lowest BCUT2D eigenvalue weighted by molar-refractivity contribution is -0.139. The average Bonchev–Trinajstić information content (AvgIpc) is 3.57. The SMILES string of the molecule is O=C1C2=C3CCC(C2C(=O)N1CCCCN1CCN(c2cncc(Cl)n2)CC1)C1CC31. The molecule has 0 aromatic carbocycles. The number of imide groups is 1. The Hall–Kier alpha value is -1.99. The van der Waals surface area contributed by atoms with Gasteiger partial charge in [0.1, 0.15) is 11.0 Å². The molecule has 0 radical (unpaired) electrons. The predicted molar refractivity (Wildman–Crippen MR) is 116 cm³/mol. The Bertz CT molecular complexity index is 957. The molecule has 1 aromatic heterocycles. The molecule has 3 heterocycles. The first-order valence-electron chi connectivity index (χ1n) is 11.7. The van der Waals surface area contributed by atoms with Crippen LogP contribution in [-0.4, -0.2) is 70.9 Å². The summed E-state index contributed by atoms with van der Waals surface area (Å²) in [5.74, 6) is 2.66. The standard InChI is InChI=1S/C23H28ClN5O2/c24-18-12-25-13-19(26-18)28-9-7-27(8-10-28)5-1-2-6-29-22(30)20-14-3-4-15(17-11-16(14)17)21(20)23(29)31/h12-14,16-17,20H,1-11H2. The minimum Gasteiger partial charge on any atom is -0.353 e. The highest BCUT2D eigenvalue weighted by molar-refractivity contribution is 6.29. The third-order valence-corrected chi connectivity index (χ3v) is 8.25. The van der Waals surface area contributed by atoms with Crippen LogP contribution in [0.2, 0.25) is 5.15 Å². The second-order valence-corrected chi connectivity index (χ2v) is 10.0. The average molecular weight is 442 g/mol. The van der Waals surface area contributed by atoms with Crippen molar-refractivity contribution in [2.24, 2.45) is 23.7 Å². The fourth-order valence-electron chi connectivity index (χ4n) is 6.47. The van der Waals surface area contributed by atoms with E-state index in [1.54, 1.807) is 17.3 Å². The third-order valence-electron chi connectivity index (χ3n) is 8.07. The summed E-state index contributed by atoms with van der Waals surface area (Å²) in [5, 5.41) is 0.423. The summed E-state index contributed by atoms with van der Waals surface area (Å²) in [6, 6.07) is 0. The van der Waals surface area contributed by atoms with Gasteiger partial charge in [-0.2, -0.15) is 0 Å². The topological polar surface area (TPSA) is 69.6 Å². The third kappa shape index (κ3) is 3.28. The predicted octanol–water partition coefficient (Wildman–Crippen LogP) is 2.37. The van der Waals surface area contributed by atoms with E-state index < -0.39 is 0 Å². The molecule has 2 aliphatic heterocycles. The first kappa shape index (κ1) is 19.7. The van der Waals surface area contributed by atoms with Gasteiger partial charge in [-0.3, -0.25) is 24.4 Å². The van der Waals surface area contributed by atoms with Gasteiger partial charge in [0.05, 0.1) is 18.3 Å². The molecule has 2 saturated heterocycles. The van der Waals surface area contributed by atoms with Crippen LogP contribution in [0.15, 0.2) is 23.5 Å². The Morgan fingerprint density at radius 3 is 2.65 bits per heavy atom. The van der Waals surface area contributed by atoms with Gasteiger partial charge < -0.3 is 4.90 Å². The maximum absolute atomic E-state index is 13.0. The Balaban J connectivity index is 0.984. The number of unbranched alkanes of at least 4 members (excludes halogenated alkanes) is 1. The number of piperazine rings is 1. The van der Waals surface area contributed by atoms with E-state index in [0.29, 0.717) is 29.5 Å². The van der Waals surface area contributed by atoms with E-state index in [1.165, 1.54) is 12.0 Å². The van der Waals surface area contributed by atoms with Crippen LogP contribution < -0.4 is 4.90 Å². The molecule has 8 heteroatoms. The number of carbonyl (C=O) groups is 2. The van der Waals surface area contributed by atoms with Crippen LogP contribution in [0.1, 0.15) is 32.1 Å². The normalized spacial score (nSPS) is 32.0. The molecule has 7 rings (SSSR count). The number of fused-ring (bicyclic) bond motifs is 1. The van der Waals surface area contributed by atoms with Gasteiger partial charge in [0.2, 0.25) is 5.91 Å². The van der Waals surface area contributed by atoms with Crippen molar-refractivity contribution >= 4 is 29.2 Å². The second-order valence-electron chi connectivity index (χ2n) is 9.66. The number of hydrogen-bond donors (Lipinski definition) is 0. The number of rotatable bonds is 6. The van der Waals surface area contributed by atoms with Crippen LogP contribution in [0.4, 0.5) is 5.82 Å². The van der Waals surface area contributed by atoms with Crippen molar-refractivity contribution in [2.75, 3.05) is 44.2 Å². The van der Waals surface area contributed by atoms with Crippen LogP contribution in [0.25, 0.3) is 0 Å². The van der Waals surface area contributed by atoms with Crippen LogP contribution in [-0.2, 0) is 9.59 Å². The van der Waals surface area contributed by atoms with Crippen molar-refractivity contribution in [1.29, 1.82) is 0 Å². The van der Waals surface area contributed by atoms with Gasteiger partial charge in [-0.1, -0.05) is 17.2 Å². The summed E-state index contributed by atoms with van der Waals surface area (Å²) in [7, 11) is 0. The summed E-state index contributed by atoms with van der Waals surface area (Å²) in [5.41, 5.74) is 2.26. The number of aromatic nitrogens is 2. The minimum atomic E-state index is -0.0948. The highest BCUT2D eigenvalue weighted by Gasteiger charge is 2.62. The molecule has 4 fully saturated rings. The minimum absolute atomic E-state index is 0.0382. The molecule has 6 aliphatic rings. The number of anilines is 1. The van der Waals surface area contributed by atoms with Crippen molar-refractivity contribution < 1.29 is 9.59 Å². The Morgan fingerprint density at radius 2 is 1.84 bits per heavy atom. The summed E-state index contributed by atoms with van der Waals surface area (Å²) >= 11 is 5.95. The Labute approximate surface area is 187 Å². The molecule has 164 valence electrons. The van der Waals surface area contributed by atoms with E-state index in [4.69, 9.17) is 11.6 Å². The first-order valence-corrected chi connectivity index (χ1v) is 12.0. The van der Waals surface area contributed by atoms with Gasteiger partial charge >= 0.3 is 0 Å². The molecule has 0 spiro atoms. The van der Waals surface area contributed by atoms with Gasteiger partial charge in [-0.25, -0.2) is 4.98 Å². The number of allylic oxidation sites excluding steroid dienone is 1. The quantitative estimate of drug-likeness (QED) is 0.498. The molecule has 1 aromatic rings. The van der Waals surface area contributed by atoms with E-state index in [0.717, 1.165) is 69.8 Å². The Kier molecular flexibility index (Phi) is 4.79. The number of halogens is 1. The fourth-order valence-corrected chi connectivity index (χ4v) is 6.61. The number of hydrogen-bond acceptors (Lipinski definition) is 6. The molecule has 7 nitrogen and oxygen atoms in total. The smallest absolute Gasteiger partial charge is 0.257 e. The summed E-state index contributed by atoms with van der Waals surface area (Å²) < 4.78 is 0. The van der Waals surface area contributed by atoms with Gasteiger partial charge in [-0.05, 0) is 56.4 Å². The van der Waals surface area contributed by atoms with Crippen molar-refractivity contribution in [3.63, 3.8) is 0 Å². The first-order chi connectivity index (χ1) is 15.1. The molecule has 2 bridgehead atoms. The van der Waals surface area contributed by atoms with Crippen molar-refractivity contribution in [3.8, 4) is 0 Å². The molecule has 4 atom stereocenters. The van der Waals surface area contributed by atoms with E-state index in [9.17, 15) is 9.59 Å². The molecular weight excluding hydrogens is 414 g/mol. The number of amides is 2. The molecular formula is C23H28ClN5O2. The Morgan fingerprint density at radius 1 is 1.03 bits per heavy atom. The molecule has 4 aliphatic carbocycles. The molecule has 31 heavy (non-hydrogen) atoms. The number of carbonyl (C=O) groups excluding carboxylic acids is 2. The van der Waals surface area contributed by atoms with Gasteiger partial charge in [0, 0.05) is 38.3 Å². The van der Waals surface area contributed by atoms with E-state index in [2.05, 4.69) is 19.8 Å². The number of likely N-dealkylation sites (tertiary alicyclic amines) is 1. The van der Waals surface area contributed by atoms with Gasteiger partial charge in [-0.15, -0.1) is 0 Å². The summed E-state index contributed by atoms with van der Waals surface area (Å²) in [4.78, 5) is 40.7. The van der Waals surface area contributed by atoms with Crippen LogP contribution >= 0.6 is 11.6 Å². The zero-order chi connectivity index (χ0) is 21.1. The maximum atomic E-state index is 13.0. The maximum Gasteiger partial charge on any atom is 0.257 e. The molecule has 0 N–H and O–H groups in total. The molecule has 4 unspecified atom stereocenters. The lowest BCUT2D eigenvalue weighted by Gasteiger charge is -2.35. The van der Waals surface area contributed by atoms with Crippen LogP contribution in [0, 0.1) is 23.7 Å². The monoisotopic (exact) mass is 441 g/mol. The lowest BCUT2D eigenvalue weighted by atomic mass is 9.67. The van der Waals surface area contributed by atoms with Crippen molar-refractivity contribution in [3.05, 3.63) is 28.7 Å². The fraction of sp³-hybridized carbons (Fsp3) is 0.652.